The van der Waals surface area contributed by atoms with E-state index in [1.54, 1.807) is 6.07 Å². The Balaban J connectivity index is 1.90. The van der Waals surface area contributed by atoms with E-state index in [2.05, 4.69) is 5.32 Å². The van der Waals surface area contributed by atoms with E-state index < -0.39 is 0 Å². The van der Waals surface area contributed by atoms with Gasteiger partial charge in [-0.1, -0.05) is 18.2 Å². The Kier molecular flexibility index (Phi) is 3.46. The maximum absolute atomic E-state index is 13.3. The van der Waals surface area contributed by atoms with E-state index in [4.69, 9.17) is 9.47 Å². The van der Waals surface area contributed by atoms with Crippen molar-refractivity contribution in [1.29, 1.82) is 0 Å². The predicted octanol–water partition coefficient (Wildman–Crippen LogP) is 3.77. The lowest BCUT2D eigenvalue weighted by molar-refractivity contribution is 0.202. The number of benzene rings is 2. The largest absolute Gasteiger partial charge is 0.493 e. The molecule has 0 saturated heterocycles. The second kappa shape index (κ2) is 5.41. The highest BCUT2D eigenvalue weighted by atomic mass is 19.1. The highest BCUT2D eigenvalue weighted by Gasteiger charge is 2.23. The highest BCUT2D eigenvalue weighted by molar-refractivity contribution is 5.58. The molecular weight excluding hydrogens is 257 g/mol. The third-order valence-corrected chi connectivity index (χ3v) is 3.26. The third kappa shape index (κ3) is 2.41. The van der Waals surface area contributed by atoms with Crippen LogP contribution < -0.4 is 14.8 Å². The summed E-state index contributed by atoms with van der Waals surface area (Å²) >= 11 is 0. The molecule has 0 saturated carbocycles. The standard InChI is InChI=1S/C16H16FNO2/c1-2-19-14-6-4-3-5-12(14)16-10-18-13-8-7-11(17)9-15(13)20-16/h3-9,16,18H,2,10H2,1H3. The van der Waals surface area contributed by atoms with Crippen LogP contribution in [-0.4, -0.2) is 13.2 Å². The van der Waals surface area contributed by atoms with Crippen molar-refractivity contribution in [2.45, 2.75) is 13.0 Å². The van der Waals surface area contributed by atoms with Crippen molar-refractivity contribution in [1.82, 2.24) is 0 Å². The lowest BCUT2D eigenvalue weighted by Gasteiger charge is -2.28. The van der Waals surface area contributed by atoms with Crippen molar-refractivity contribution in [3.05, 3.63) is 53.8 Å². The van der Waals surface area contributed by atoms with Gasteiger partial charge in [0.2, 0.25) is 0 Å². The van der Waals surface area contributed by atoms with Crippen LogP contribution in [0.5, 0.6) is 11.5 Å². The summed E-state index contributed by atoms with van der Waals surface area (Å²) in [7, 11) is 0. The molecule has 0 radical (unpaired) electrons. The van der Waals surface area contributed by atoms with Crippen LogP contribution in [0.3, 0.4) is 0 Å². The minimum Gasteiger partial charge on any atom is -0.493 e. The van der Waals surface area contributed by atoms with Gasteiger partial charge in [0.25, 0.3) is 0 Å². The maximum Gasteiger partial charge on any atom is 0.146 e. The topological polar surface area (TPSA) is 30.5 Å². The molecule has 0 amide bonds. The van der Waals surface area contributed by atoms with E-state index >= 15 is 0 Å². The fourth-order valence-corrected chi connectivity index (χ4v) is 2.34. The Labute approximate surface area is 117 Å². The summed E-state index contributed by atoms with van der Waals surface area (Å²) in [4.78, 5) is 0. The van der Waals surface area contributed by atoms with Crippen LogP contribution in [0.4, 0.5) is 10.1 Å². The number of ether oxygens (including phenoxy) is 2. The van der Waals surface area contributed by atoms with E-state index in [1.807, 2.05) is 31.2 Å². The van der Waals surface area contributed by atoms with Crippen LogP contribution in [0.15, 0.2) is 42.5 Å². The van der Waals surface area contributed by atoms with Gasteiger partial charge in [0.05, 0.1) is 18.8 Å². The van der Waals surface area contributed by atoms with Crippen LogP contribution in [0, 0.1) is 5.82 Å². The van der Waals surface area contributed by atoms with Gasteiger partial charge in [-0.2, -0.15) is 0 Å². The van der Waals surface area contributed by atoms with Gasteiger partial charge < -0.3 is 14.8 Å². The molecule has 1 aliphatic heterocycles. The summed E-state index contributed by atoms with van der Waals surface area (Å²) in [6.45, 7) is 3.17. The summed E-state index contributed by atoms with van der Waals surface area (Å²) in [5.74, 6) is 1.04. The average molecular weight is 273 g/mol. The minimum absolute atomic E-state index is 0.188. The van der Waals surface area contributed by atoms with Crippen LogP contribution in [0.25, 0.3) is 0 Å². The SMILES string of the molecule is CCOc1ccccc1C1CNc2ccc(F)cc2O1. The first-order valence-electron chi connectivity index (χ1n) is 6.69. The molecule has 1 heterocycles. The number of hydrogen-bond donors (Lipinski definition) is 1. The van der Waals surface area contributed by atoms with Crippen LogP contribution in [0.1, 0.15) is 18.6 Å². The van der Waals surface area contributed by atoms with E-state index in [9.17, 15) is 4.39 Å². The average Bonchev–Trinajstić information content (AvgIpc) is 2.47. The number of anilines is 1. The van der Waals surface area contributed by atoms with Gasteiger partial charge in [-0.3, -0.25) is 0 Å². The summed E-state index contributed by atoms with van der Waals surface area (Å²) < 4.78 is 24.8. The van der Waals surface area contributed by atoms with E-state index in [1.165, 1.54) is 12.1 Å². The molecular formula is C16H16FNO2. The van der Waals surface area contributed by atoms with Crippen molar-refractivity contribution >= 4 is 5.69 Å². The number of nitrogens with one attached hydrogen (secondary N) is 1. The molecule has 0 bridgehead atoms. The summed E-state index contributed by atoms with van der Waals surface area (Å²) in [5, 5.41) is 3.26. The third-order valence-electron chi connectivity index (χ3n) is 3.26. The van der Waals surface area contributed by atoms with E-state index in [0.29, 0.717) is 18.9 Å². The molecule has 1 unspecified atom stereocenters. The molecule has 3 nitrogen and oxygen atoms in total. The molecule has 0 aliphatic carbocycles. The highest BCUT2D eigenvalue weighted by Crippen LogP contribution is 2.37. The maximum atomic E-state index is 13.3. The molecule has 2 aromatic carbocycles. The molecule has 1 N–H and O–H groups in total. The zero-order valence-corrected chi connectivity index (χ0v) is 11.2. The fraction of sp³-hybridized carbons (Fsp3) is 0.250. The van der Waals surface area contributed by atoms with Crippen LogP contribution in [0.2, 0.25) is 0 Å². The molecule has 20 heavy (non-hydrogen) atoms. The molecule has 0 aromatic heterocycles. The molecule has 2 aromatic rings. The van der Waals surface area contributed by atoms with Crippen molar-refractivity contribution in [3.8, 4) is 11.5 Å². The van der Waals surface area contributed by atoms with Crippen molar-refractivity contribution in [2.24, 2.45) is 0 Å². The Morgan fingerprint density at radius 3 is 3.00 bits per heavy atom. The number of halogens is 1. The van der Waals surface area contributed by atoms with Gasteiger partial charge >= 0.3 is 0 Å². The quantitative estimate of drug-likeness (QED) is 0.923. The van der Waals surface area contributed by atoms with E-state index in [-0.39, 0.29) is 11.9 Å². The summed E-state index contributed by atoms with van der Waals surface area (Å²) in [6, 6.07) is 12.3. The zero-order valence-electron chi connectivity index (χ0n) is 11.2. The number of para-hydroxylation sites is 1. The Morgan fingerprint density at radius 2 is 2.15 bits per heavy atom. The molecule has 104 valence electrons. The second-order valence-electron chi connectivity index (χ2n) is 4.60. The van der Waals surface area contributed by atoms with Gasteiger partial charge in [-0.25, -0.2) is 4.39 Å². The molecule has 1 aliphatic rings. The van der Waals surface area contributed by atoms with Crippen molar-refractivity contribution in [3.63, 3.8) is 0 Å². The fourth-order valence-electron chi connectivity index (χ4n) is 2.34. The summed E-state index contributed by atoms with van der Waals surface area (Å²) in [6.07, 6.45) is -0.188. The predicted molar refractivity (Wildman–Crippen MR) is 75.9 cm³/mol. The lowest BCUT2D eigenvalue weighted by Crippen LogP contribution is -2.24. The second-order valence-corrected chi connectivity index (χ2v) is 4.60. The Bertz CT molecular complexity index is 615. The first-order chi connectivity index (χ1) is 9.78. The van der Waals surface area contributed by atoms with Crippen LogP contribution >= 0.6 is 0 Å². The molecule has 1 atom stereocenters. The molecule has 0 spiro atoms. The van der Waals surface area contributed by atoms with Gasteiger partial charge in [-0.05, 0) is 25.1 Å². The number of rotatable bonds is 3. The number of hydrogen-bond acceptors (Lipinski definition) is 3. The Hall–Kier alpha value is -2.23. The molecule has 0 fully saturated rings. The Morgan fingerprint density at radius 1 is 1.30 bits per heavy atom. The number of fused-ring (bicyclic) bond motifs is 1. The zero-order chi connectivity index (χ0) is 13.9. The monoisotopic (exact) mass is 273 g/mol. The minimum atomic E-state index is -0.302. The van der Waals surface area contributed by atoms with Crippen LogP contribution in [-0.2, 0) is 0 Å². The molecule has 4 heteroatoms. The smallest absolute Gasteiger partial charge is 0.146 e. The van der Waals surface area contributed by atoms with Crippen molar-refractivity contribution < 1.29 is 13.9 Å². The van der Waals surface area contributed by atoms with E-state index in [0.717, 1.165) is 17.0 Å². The lowest BCUT2D eigenvalue weighted by atomic mass is 10.1. The van der Waals surface area contributed by atoms with Gasteiger partial charge in [0.1, 0.15) is 23.4 Å². The first kappa shape index (κ1) is 12.8. The van der Waals surface area contributed by atoms with Crippen molar-refractivity contribution in [2.75, 3.05) is 18.5 Å². The molecule has 3 rings (SSSR count). The summed E-state index contributed by atoms with van der Waals surface area (Å²) in [5.41, 5.74) is 1.79. The van der Waals surface area contributed by atoms with Gasteiger partial charge in [-0.15, -0.1) is 0 Å². The normalized spacial score (nSPS) is 16.8. The van der Waals surface area contributed by atoms with Gasteiger partial charge in [0.15, 0.2) is 0 Å². The first-order valence-corrected chi connectivity index (χ1v) is 6.69. The van der Waals surface area contributed by atoms with Gasteiger partial charge in [0, 0.05) is 11.6 Å².